The summed E-state index contributed by atoms with van der Waals surface area (Å²) in [6, 6.07) is 6.07. The number of ether oxygens (including phenoxy) is 3. The van der Waals surface area contributed by atoms with Crippen molar-refractivity contribution in [2.24, 2.45) is 5.11 Å². The summed E-state index contributed by atoms with van der Waals surface area (Å²) < 4.78 is 21.4. The molecule has 0 amide bonds. The molecule has 1 saturated heterocycles. The summed E-state index contributed by atoms with van der Waals surface area (Å²) in [6.45, 7) is 7.16. The zero-order valence-electron chi connectivity index (χ0n) is 30.9. The van der Waals surface area contributed by atoms with E-state index in [1.165, 1.54) is 62.5 Å². The Morgan fingerprint density at radius 3 is 2.18 bits per heavy atom. The first-order valence-corrected chi connectivity index (χ1v) is 26.5. The van der Waals surface area contributed by atoms with Crippen molar-refractivity contribution in [3.63, 3.8) is 0 Å². The summed E-state index contributed by atoms with van der Waals surface area (Å²) in [5.41, 5.74) is 9.98. The Morgan fingerprint density at radius 1 is 0.857 bits per heavy atom. The standard InChI is InChI=1S/C28H36N3O5.3C4H9.Sn/c1-34-27(32)21-13-9-4-2-3-7-11-19-25-26(36-25)20-12-8-5-6-10-16-22-35-28(33)23-17-14-15-18-24(23)30-31-29;3*1-3-4-2;/h2,4,8,11-12,15,17-19,25-26H,3,5-7,9-10,13,16,20-22H2,1H3;3*1,3-4H2,2H3;/b4-2-,12-8-,19-11+;;;;/t25-,26+;;;;/m0..../s1. The summed E-state index contributed by atoms with van der Waals surface area (Å²) in [5, 5.41) is 3.85. The molecule has 272 valence electrons. The number of unbranched alkanes of at least 4 members (excludes halogenated alkanes) is 8. The molecule has 1 aliphatic rings. The third-order valence-corrected chi connectivity index (χ3v) is 25.0. The normalized spacial score (nSPS) is 16.0. The molecule has 0 aromatic heterocycles. The van der Waals surface area contributed by atoms with E-state index in [-0.39, 0.29) is 24.1 Å². The molecule has 1 fully saturated rings. The van der Waals surface area contributed by atoms with Gasteiger partial charge in [-0.2, -0.15) is 0 Å². The molecule has 1 heterocycles. The number of rotatable bonds is 28. The molecule has 0 saturated carbocycles. The second-order valence-corrected chi connectivity index (χ2v) is 26.5. The molecular formula is C40H63N3O5Sn. The fourth-order valence-electron chi connectivity index (χ4n) is 6.29. The van der Waals surface area contributed by atoms with Crippen molar-refractivity contribution in [1.82, 2.24) is 0 Å². The van der Waals surface area contributed by atoms with Gasteiger partial charge in [-0.25, -0.2) is 0 Å². The molecule has 0 radical (unpaired) electrons. The maximum atomic E-state index is 13.3. The van der Waals surface area contributed by atoms with Gasteiger partial charge in [0.1, 0.15) is 6.10 Å². The molecule has 1 aromatic rings. The fraction of sp³-hybridized carbons (Fsp3) is 0.650. The molecule has 1 aromatic carbocycles. The number of esters is 2. The van der Waals surface area contributed by atoms with Gasteiger partial charge < -0.3 is 9.47 Å². The maximum absolute atomic E-state index is 13.3. The van der Waals surface area contributed by atoms with Crippen molar-refractivity contribution in [2.75, 3.05) is 13.7 Å². The van der Waals surface area contributed by atoms with Crippen LogP contribution in [-0.4, -0.2) is 56.2 Å². The summed E-state index contributed by atoms with van der Waals surface area (Å²) in [4.78, 5) is 27.4. The number of azide groups is 1. The second kappa shape index (κ2) is 26.3. The van der Waals surface area contributed by atoms with Crippen LogP contribution in [0.4, 0.5) is 5.69 Å². The van der Waals surface area contributed by atoms with Gasteiger partial charge in [-0.1, -0.05) is 24.3 Å². The number of carbonyl (C=O) groups is 2. The Morgan fingerprint density at radius 2 is 1.51 bits per heavy atom. The van der Waals surface area contributed by atoms with Crippen molar-refractivity contribution < 1.29 is 23.8 Å². The Labute approximate surface area is 300 Å². The van der Waals surface area contributed by atoms with Gasteiger partial charge in [-0.05, 0) is 32.1 Å². The van der Waals surface area contributed by atoms with Crippen molar-refractivity contribution in [3.05, 3.63) is 70.7 Å². The summed E-state index contributed by atoms with van der Waals surface area (Å²) >= 11 is -2.76. The molecule has 2 rings (SSSR count). The minimum atomic E-state index is -2.76. The molecule has 2 atom stereocenters. The molecule has 0 unspecified atom stereocenters. The van der Waals surface area contributed by atoms with Crippen LogP contribution in [0.25, 0.3) is 10.4 Å². The Balaban J connectivity index is 1.72. The van der Waals surface area contributed by atoms with Gasteiger partial charge in [0.05, 0.1) is 13.2 Å². The molecule has 0 bridgehead atoms. The van der Waals surface area contributed by atoms with Crippen molar-refractivity contribution in [3.8, 4) is 0 Å². The van der Waals surface area contributed by atoms with Crippen molar-refractivity contribution in [2.45, 2.75) is 149 Å². The number of epoxide rings is 1. The van der Waals surface area contributed by atoms with E-state index < -0.39 is 18.4 Å². The Bertz CT molecular complexity index is 1220. The van der Waals surface area contributed by atoms with E-state index >= 15 is 0 Å². The average Bonchev–Trinajstić information content (AvgIpc) is 3.87. The second-order valence-electron chi connectivity index (χ2n) is 13.3. The first kappa shape index (κ1) is 42.6. The first-order chi connectivity index (χ1) is 23.9. The molecule has 0 spiro atoms. The molecule has 8 nitrogen and oxygen atoms in total. The Hall–Kier alpha value is -2.55. The number of methoxy groups -OCH3 is 1. The molecule has 1 aliphatic heterocycles. The van der Waals surface area contributed by atoms with E-state index in [2.05, 4.69) is 84.1 Å². The van der Waals surface area contributed by atoms with E-state index in [1.807, 2.05) is 6.07 Å². The third kappa shape index (κ3) is 17.3. The molecule has 0 aliphatic carbocycles. The van der Waals surface area contributed by atoms with E-state index in [9.17, 15) is 15.1 Å². The van der Waals surface area contributed by atoms with Crippen LogP contribution < -0.4 is 3.58 Å². The molecule has 49 heavy (non-hydrogen) atoms. The van der Waals surface area contributed by atoms with Gasteiger partial charge in [-0.15, -0.1) is 0 Å². The number of nitrogens with zero attached hydrogens (tertiary/aromatic N) is 3. The van der Waals surface area contributed by atoms with Crippen LogP contribution >= 0.6 is 0 Å². The summed E-state index contributed by atoms with van der Waals surface area (Å²) in [7, 11) is 1.42. The SMILES string of the molecule is CCC[CH2][Sn]([CH2]CCC)([CH2]CCC)[c]1ccc(N=[N+]=[N-])c(C(=O)OCCCCC/C=C\C[C@H]2O[C@H]2/C=C/CC/C=C\CCCC(=O)OC)c1. The monoisotopic (exact) mass is 785 g/mol. The van der Waals surface area contributed by atoms with Crippen LogP contribution in [0.3, 0.4) is 0 Å². The first-order valence-electron chi connectivity index (χ1n) is 19.0. The third-order valence-electron chi connectivity index (χ3n) is 9.38. The van der Waals surface area contributed by atoms with E-state index in [0.29, 0.717) is 24.3 Å². The molecular weight excluding hydrogens is 721 g/mol. The number of hydrogen-bond acceptors (Lipinski definition) is 6. The van der Waals surface area contributed by atoms with Gasteiger partial charge in [0, 0.05) is 6.42 Å². The van der Waals surface area contributed by atoms with Crippen molar-refractivity contribution >= 4 is 39.6 Å². The van der Waals surface area contributed by atoms with Gasteiger partial charge in [0.15, 0.2) is 0 Å². The number of benzene rings is 1. The van der Waals surface area contributed by atoms with E-state index in [1.54, 1.807) is 0 Å². The average molecular weight is 785 g/mol. The quantitative estimate of drug-likeness (QED) is 0.0123. The van der Waals surface area contributed by atoms with Crippen LogP contribution in [0.2, 0.25) is 13.3 Å². The van der Waals surface area contributed by atoms with Gasteiger partial charge in [0.25, 0.3) is 0 Å². The predicted octanol–water partition coefficient (Wildman–Crippen LogP) is 11.4. The predicted molar refractivity (Wildman–Crippen MR) is 204 cm³/mol. The molecule has 9 heteroatoms. The number of carbonyl (C=O) groups excluding carboxylic acids is 2. The topological polar surface area (TPSA) is 114 Å². The zero-order valence-corrected chi connectivity index (χ0v) is 33.7. The van der Waals surface area contributed by atoms with Crippen LogP contribution in [0, 0.1) is 0 Å². The van der Waals surface area contributed by atoms with E-state index in [0.717, 1.165) is 57.8 Å². The summed E-state index contributed by atoms with van der Waals surface area (Å²) in [5.74, 6) is -0.518. The number of hydrogen-bond donors (Lipinski definition) is 0. The minimum absolute atomic E-state index is 0.146. The van der Waals surface area contributed by atoms with Gasteiger partial charge in [-0.3, -0.25) is 4.79 Å². The molecule has 0 N–H and O–H groups in total. The van der Waals surface area contributed by atoms with E-state index in [4.69, 9.17) is 9.47 Å². The van der Waals surface area contributed by atoms with Crippen molar-refractivity contribution in [1.29, 1.82) is 0 Å². The van der Waals surface area contributed by atoms with Crippen LogP contribution in [0.15, 0.2) is 59.8 Å². The van der Waals surface area contributed by atoms with Gasteiger partial charge >= 0.3 is 205 Å². The van der Waals surface area contributed by atoms with Crippen LogP contribution in [-0.2, 0) is 19.0 Å². The van der Waals surface area contributed by atoms with Gasteiger partial charge in [0.2, 0.25) is 0 Å². The Kier molecular flexibility index (Phi) is 22.9. The zero-order chi connectivity index (χ0) is 35.6. The fourth-order valence-corrected chi connectivity index (χ4v) is 22.3. The number of allylic oxidation sites excluding steroid dienone is 4. The van der Waals surface area contributed by atoms with Crippen LogP contribution in [0.1, 0.15) is 134 Å². The van der Waals surface area contributed by atoms with Crippen LogP contribution in [0.5, 0.6) is 0 Å². The summed E-state index contributed by atoms with van der Waals surface area (Å²) in [6.07, 6.45) is 29.9.